The molecule has 23 heavy (non-hydrogen) atoms. The zero-order valence-electron chi connectivity index (χ0n) is 13.3. The number of hydrogen-bond acceptors (Lipinski definition) is 3. The van der Waals surface area contributed by atoms with Crippen LogP contribution in [0.2, 0.25) is 0 Å². The maximum atomic E-state index is 12.7. The molecular weight excluding hydrogens is 290 g/mol. The van der Waals surface area contributed by atoms with Gasteiger partial charge in [0.25, 0.3) is 5.91 Å². The van der Waals surface area contributed by atoms with Gasteiger partial charge in [0.2, 0.25) is 0 Å². The van der Waals surface area contributed by atoms with Gasteiger partial charge in [0.05, 0.1) is 11.3 Å². The predicted molar refractivity (Wildman–Crippen MR) is 89.1 cm³/mol. The Morgan fingerprint density at radius 3 is 2.26 bits per heavy atom. The van der Waals surface area contributed by atoms with Gasteiger partial charge in [-0.2, -0.15) is 0 Å². The van der Waals surface area contributed by atoms with Gasteiger partial charge in [0.1, 0.15) is 0 Å². The number of aryl methyl sites for hydroxylation is 3. The maximum absolute atomic E-state index is 12.7. The van der Waals surface area contributed by atoms with Crippen molar-refractivity contribution >= 4 is 23.1 Å². The minimum absolute atomic E-state index is 0.0552. The van der Waals surface area contributed by atoms with Crippen LogP contribution >= 0.6 is 0 Å². The van der Waals surface area contributed by atoms with Gasteiger partial charge < -0.3 is 5.11 Å². The monoisotopic (exact) mass is 307 g/mol. The second-order valence-corrected chi connectivity index (χ2v) is 5.81. The van der Waals surface area contributed by atoms with Crippen LogP contribution < -0.4 is 4.90 Å². The number of nitrogens with zero attached hydrogens (tertiary/aromatic N) is 1. The molecule has 0 fully saturated rings. The van der Waals surface area contributed by atoms with Crippen molar-refractivity contribution in [3.63, 3.8) is 0 Å². The molecule has 0 atom stereocenters. The highest BCUT2D eigenvalue weighted by Gasteiger charge is 2.40. The molecule has 0 aliphatic carbocycles. The van der Waals surface area contributed by atoms with Crippen molar-refractivity contribution in [1.82, 2.24) is 0 Å². The number of amides is 2. The van der Waals surface area contributed by atoms with E-state index in [9.17, 15) is 14.7 Å². The van der Waals surface area contributed by atoms with Crippen molar-refractivity contribution in [2.24, 2.45) is 0 Å². The minimum atomic E-state index is -0.686. The van der Waals surface area contributed by atoms with Crippen LogP contribution in [-0.4, -0.2) is 16.9 Å². The van der Waals surface area contributed by atoms with Crippen LogP contribution in [0.1, 0.15) is 22.3 Å². The van der Waals surface area contributed by atoms with Crippen molar-refractivity contribution in [3.8, 4) is 0 Å². The van der Waals surface area contributed by atoms with Crippen LogP contribution in [0.25, 0.3) is 5.57 Å². The fraction of sp³-hybridized carbons (Fsp3) is 0.158. The summed E-state index contributed by atoms with van der Waals surface area (Å²) >= 11 is 0. The maximum Gasteiger partial charge on any atom is 0.301 e. The predicted octanol–water partition coefficient (Wildman–Crippen LogP) is 3.45. The summed E-state index contributed by atoms with van der Waals surface area (Å²) in [4.78, 5) is 26.1. The lowest BCUT2D eigenvalue weighted by atomic mass is 10.00. The van der Waals surface area contributed by atoms with Gasteiger partial charge in [-0.1, -0.05) is 30.3 Å². The lowest BCUT2D eigenvalue weighted by Crippen LogP contribution is -2.31. The molecule has 0 unspecified atom stereocenters. The Balaban J connectivity index is 2.07. The standard InChI is InChI=1S/C19H17NO3/c1-11-5-4-6-15(9-11)20-18(22)16(17(21)19(20)23)14-8-7-12(2)13(3)10-14/h4-10,21H,1-3H3. The molecule has 0 saturated carbocycles. The van der Waals surface area contributed by atoms with Crippen molar-refractivity contribution in [3.05, 3.63) is 70.5 Å². The second kappa shape index (κ2) is 5.39. The Labute approximate surface area is 134 Å². The molecular formula is C19H17NO3. The zero-order valence-corrected chi connectivity index (χ0v) is 13.3. The molecule has 0 saturated heterocycles. The number of carbonyl (C=O) groups excluding carboxylic acids is 2. The number of rotatable bonds is 2. The Kier molecular flexibility index (Phi) is 3.52. The van der Waals surface area contributed by atoms with Gasteiger partial charge in [-0.25, -0.2) is 4.90 Å². The summed E-state index contributed by atoms with van der Waals surface area (Å²) in [5.41, 5.74) is 4.09. The number of aliphatic hydroxyl groups is 1. The molecule has 1 aliphatic rings. The summed E-state index contributed by atoms with van der Waals surface area (Å²) < 4.78 is 0. The Morgan fingerprint density at radius 2 is 1.61 bits per heavy atom. The van der Waals surface area contributed by atoms with Gasteiger partial charge in [0.15, 0.2) is 5.76 Å². The summed E-state index contributed by atoms with van der Waals surface area (Å²) in [6, 6.07) is 12.5. The van der Waals surface area contributed by atoms with Gasteiger partial charge >= 0.3 is 5.91 Å². The van der Waals surface area contributed by atoms with E-state index in [2.05, 4.69) is 0 Å². The van der Waals surface area contributed by atoms with Gasteiger partial charge in [-0.05, 0) is 55.2 Å². The van der Waals surface area contributed by atoms with E-state index >= 15 is 0 Å². The number of anilines is 1. The molecule has 0 aromatic heterocycles. The third-order valence-electron chi connectivity index (χ3n) is 4.11. The van der Waals surface area contributed by atoms with Crippen LogP contribution in [0.3, 0.4) is 0 Å². The van der Waals surface area contributed by atoms with E-state index in [-0.39, 0.29) is 5.57 Å². The summed E-state index contributed by atoms with van der Waals surface area (Å²) in [6.07, 6.45) is 0. The topological polar surface area (TPSA) is 57.6 Å². The zero-order chi connectivity index (χ0) is 16.7. The van der Waals surface area contributed by atoms with E-state index in [1.165, 1.54) is 0 Å². The first-order chi connectivity index (χ1) is 10.9. The molecule has 116 valence electrons. The first-order valence-corrected chi connectivity index (χ1v) is 7.36. The summed E-state index contributed by atoms with van der Waals surface area (Å²) in [6.45, 7) is 5.77. The van der Waals surface area contributed by atoms with Gasteiger partial charge in [0, 0.05) is 0 Å². The molecule has 2 amide bonds. The average Bonchev–Trinajstić information content (AvgIpc) is 2.72. The van der Waals surface area contributed by atoms with Crippen molar-refractivity contribution in [2.75, 3.05) is 4.90 Å². The molecule has 2 aromatic rings. The highest BCUT2D eigenvalue weighted by molar-refractivity contribution is 6.44. The van der Waals surface area contributed by atoms with Crippen LogP contribution in [0.4, 0.5) is 5.69 Å². The average molecular weight is 307 g/mol. The lowest BCUT2D eigenvalue weighted by molar-refractivity contribution is -0.121. The highest BCUT2D eigenvalue weighted by Crippen LogP contribution is 2.32. The molecule has 1 N–H and O–H groups in total. The number of aliphatic hydroxyl groups excluding tert-OH is 1. The first-order valence-electron chi connectivity index (χ1n) is 7.36. The van der Waals surface area contributed by atoms with E-state index in [0.29, 0.717) is 11.3 Å². The van der Waals surface area contributed by atoms with Gasteiger partial charge in [-0.3, -0.25) is 9.59 Å². The summed E-state index contributed by atoms with van der Waals surface area (Å²) in [5.74, 6) is -1.69. The quantitative estimate of drug-likeness (QED) is 0.865. The van der Waals surface area contributed by atoms with E-state index in [0.717, 1.165) is 21.6 Å². The van der Waals surface area contributed by atoms with E-state index in [4.69, 9.17) is 0 Å². The fourth-order valence-electron chi connectivity index (χ4n) is 2.68. The molecule has 0 radical (unpaired) electrons. The van der Waals surface area contributed by atoms with Crippen molar-refractivity contribution < 1.29 is 14.7 Å². The lowest BCUT2D eigenvalue weighted by Gasteiger charge is -2.15. The van der Waals surface area contributed by atoms with E-state index < -0.39 is 17.6 Å². The van der Waals surface area contributed by atoms with Crippen molar-refractivity contribution in [2.45, 2.75) is 20.8 Å². The number of benzene rings is 2. The number of imide groups is 1. The SMILES string of the molecule is Cc1cccc(N2C(=O)C(O)=C(c3ccc(C)c(C)c3)C2=O)c1. The third-order valence-corrected chi connectivity index (χ3v) is 4.11. The molecule has 1 aliphatic heterocycles. The third kappa shape index (κ3) is 2.42. The van der Waals surface area contributed by atoms with Gasteiger partial charge in [-0.15, -0.1) is 0 Å². The summed E-state index contributed by atoms with van der Waals surface area (Å²) in [5, 5.41) is 10.2. The molecule has 3 rings (SSSR count). The molecule has 0 bridgehead atoms. The van der Waals surface area contributed by atoms with Crippen molar-refractivity contribution in [1.29, 1.82) is 0 Å². The van der Waals surface area contributed by atoms with Crippen LogP contribution in [-0.2, 0) is 9.59 Å². The Hall–Kier alpha value is -2.88. The molecule has 4 heteroatoms. The van der Waals surface area contributed by atoms with Crippen LogP contribution in [0, 0.1) is 20.8 Å². The second-order valence-electron chi connectivity index (χ2n) is 5.81. The van der Waals surface area contributed by atoms with E-state index in [1.54, 1.807) is 24.3 Å². The van der Waals surface area contributed by atoms with Crippen LogP contribution in [0.5, 0.6) is 0 Å². The summed E-state index contributed by atoms with van der Waals surface area (Å²) in [7, 11) is 0. The molecule has 1 heterocycles. The smallest absolute Gasteiger partial charge is 0.301 e. The minimum Gasteiger partial charge on any atom is -0.502 e. The van der Waals surface area contributed by atoms with Crippen LogP contribution in [0.15, 0.2) is 48.2 Å². The fourth-order valence-corrected chi connectivity index (χ4v) is 2.68. The molecule has 0 spiro atoms. The highest BCUT2D eigenvalue weighted by atomic mass is 16.3. The Morgan fingerprint density at radius 1 is 0.870 bits per heavy atom. The normalized spacial score (nSPS) is 14.8. The number of carbonyl (C=O) groups is 2. The number of hydrogen-bond donors (Lipinski definition) is 1. The largest absolute Gasteiger partial charge is 0.502 e. The Bertz CT molecular complexity index is 865. The first kappa shape index (κ1) is 15.0. The molecule has 2 aromatic carbocycles. The van der Waals surface area contributed by atoms with E-state index in [1.807, 2.05) is 39.0 Å². The molecule has 4 nitrogen and oxygen atoms in total.